The number of likely N-dealkylation sites (N-methyl/N-ethyl adjacent to an activating group) is 1. The fourth-order valence-electron chi connectivity index (χ4n) is 2.73. The molecule has 1 fully saturated rings. The lowest BCUT2D eigenvalue weighted by Gasteiger charge is -2.19. The molecular weight excluding hydrogens is 278 g/mol. The van der Waals surface area contributed by atoms with Gasteiger partial charge in [0, 0.05) is 37.4 Å². The summed E-state index contributed by atoms with van der Waals surface area (Å²) in [5.41, 5.74) is 1.49. The minimum absolute atomic E-state index is 0.0706. The van der Waals surface area contributed by atoms with Crippen LogP contribution in [0.5, 0.6) is 0 Å². The van der Waals surface area contributed by atoms with Crippen molar-refractivity contribution in [1.82, 2.24) is 9.80 Å². The van der Waals surface area contributed by atoms with Gasteiger partial charge in [-0.3, -0.25) is 9.59 Å². The maximum absolute atomic E-state index is 12.4. The maximum Gasteiger partial charge on any atom is 0.253 e. The Morgan fingerprint density at radius 1 is 1.18 bits per heavy atom. The van der Waals surface area contributed by atoms with E-state index in [1.165, 1.54) is 0 Å². The number of benzene rings is 1. The van der Waals surface area contributed by atoms with E-state index >= 15 is 0 Å². The van der Waals surface area contributed by atoms with Crippen LogP contribution in [-0.4, -0.2) is 54.3 Å². The SMILES string of the molecule is CCN(CC)C(=O)CNc1cccc(C(=O)N2CCCC2)c1. The van der Waals surface area contributed by atoms with E-state index < -0.39 is 0 Å². The van der Waals surface area contributed by atoms with Crippen molar-refractivity contribution in [2.45, 2.75) is 26.7 Å². The lowest BCUT2D eigenvalue weighted by Crippen LogP contribution is -2.35. The van der Waals surface area contributed by atoms with Crippen molar-refractivity contribution in [3.05, 3.63) is 29.8 Å². The highest BCUT2D eigenvalue weighted by Crippen LogP contribution is 2.16. The number of nitrogens with one attached hydrogen (secondary N) is 1. The number of hydrogen-bond donors (Lipinski definition) is 1. The van der Waals surface area contributed by atoms with Crippen molar-refractivity contribution in [3.8, 4) is 0 Å². The summed E-state index contributed by atoms with van der Waals surface area (Å²) < 4.78 is 0. The highest BCUT2D eigenvalue weighted by atomic mass is 16.2. The van der Waals surface area contributed by atoms with Gasteiger partial charge in [0.1, 0.15) is 0 Å². The Kier molecular flexibility index (Phi) is 5.81. The Morgan fingerprint density at radius 2 is 1.86 bits per heavy atom. The topological polar surface area (TPSA) is 52.7 Å². The van der Waals surface area contributed by atoms with Gasteiger partial charge in [0.2, 0.25) is 5.91 Å². The third-order valence-corrected chi connectivity index (χ3v) is 4.06. The molecule has 1 aliphatic heterocycles. The van der Waals surface area contributed by atoms with Crippen molar-refractivity contribution in [2.24, 2.45) is 0 Å². The highest BCUT2D eigenvalue weighted by Gasteiger charge is 2.19. The van der Waals surface area contributed by atoms with Crippen LogP contribution in [0.15, 0.2) is 24.3 Å². The lowest BCUT2D eigenvalue weighted by atomic mass is 10.1. The molecule has 1 heterocycles. The van der Waals surface area contributed by atoms with Crippen LogP contribution >= 0.6 is 0 Å². The van der Waals surface area contributed by atoms with Crippen LogP contribution in [-0.2, 0) is 4.79 Å². The maximum atomic E-state index is 12.4. The molecule has 0 radical (unpaired) electrons. The number of anilines is 1. The zero-order valence-electron chi connectivity index (χ0n) is 13.5. The van der Waals surface area contributed by atoms with Crippen molar-refractivity contribution in [3.63, 3.8) is 0 Å². The van der Waals surface area contributed by atoms with E-state index in [1.54, 1.807) is 4.90 Å². The molecule has 1 aromatic carbocycles. The van der Waals surface area contributed by atoms with E-state index in [4.69, 9.17) is 0 Å². The minimum Gasteiger partial charge on any atom is -0.376 e. The fourth-order valence-corrected chi connectivity index (χ4v) is 2.73. The smallest absolute Gasteiger partial charge is 0.253 e. The number of likely N-dealkylation sites (tertiary alicyclic amines) is 1. The largest absolute Gasteiger partial charge is 0.376 e. The van der Waals surface area contributed by atoms with Gasteiger partial charge >= 0.3 is 0 Å². The Balaban J connectivity index is 1.96. The summed E-state index contributed by atoms with van der Waals surface area (Å²) in [5, 5.41) is 3.12. The predicted molar refractivity (Wildman–Crippen MR) is 88.0 cm³/mol. The van der Waals surface area contributed by atoms with E-state index in [9.17, 15) is 9.59 Å². The molecule has 0 bridgehead atoms. The number of rotatable bonds is 6. The van der Waals surface area contributed by atoms with Gasteiger partial charge in [0.15, 0.2) is 0 Å². The summed E-state index contributed by atoms with van der Waals surface area (Å²) in [5.74, 6) is 0.150. The molecule has 2 rings (SSSR count). The number of carbonyl (C=O) groups excluding carboxylic acids is 2. The first-order valence-electron chi connectivity index (χ1n) is 8.06. The van der Waals surface area contributed by atoms with Gasteiger partial charge in [-0.05, 0) is 44.9 Å². The van der Waals surface area contributed by atoms with E-state index in [2.05, 4.69) is 5.32 Å². The Morgan fingerprint density at radius 3 is 2.50 bits per heavy atom. The van der Waals surface area contributed by atoms with Gasteiger partial charge in [-0.15, -0.1) is 0 Å². The van der Waals surface area contributed by atoms with Crippen LogP contribution in [0.4, 0.5) is 5.69 Å². The first kappa shape index (κ1) is 16.3. The van der Waals surface area contributed by atoms with Gasteiger partial charge in [-0.25, -0.2) is 0 Å². The van der Waals surface area contributed by atoms with Crippen LogP contribution in [0, 0.1) is 0 Å². The van der Waals surface area contributed by atoms with Crippen molar-refractivity contribution < 1.29 is 9.59 Å². The summed E-state index contributed by atoms with van der Waals surface area (Å²) in [6.45, 7) is 7.30. The molecule has 22 heavy (non-hydrogen) atoms. The molecule has 120 valence electrons. The third-order valence-electron chi connectivity index (χ3n) is 4.06. The van der Waals surface area contributed by atoms with Gasteiger partial charge in [0.05, 0.1) is 6.54 Å². The second-order valence-corrected chi connectivity index (χ2v) is 5.50. The molecule has 1 saturated heterocycles. The zero-order valence-corrected chi connectivity index (χ0v) is 13.5. The molecule has 1 aromatic rings. The summed E-state index contributed by atoms with van der Waals surface area (Å²) >= 11 is 0. The normalized spacial score (nSPS) is 14.0. The van der Waals surface area contributed by atoms with Gasteiger partial charge in [0.25, 0.3) is 5.91 Å². The van der Waals surface area contributed by atoms with Gasteiger partial charge in [-0.2, -0.15) is 0 Å². The van der Waals surface area contributed by atoms with E-state index in [0.29, 0.717) is 18.7 Å². The van der Waals surface area contributed by atoms with E-state index in [1.807, 2.05) is 43.0 Å². The molecule has 2 amide bonds. The average molecular weight is 303 g/mol. The summed E-state index contributed by atoms with van der Waals surface area (Å²) in [4.78, 5) is 28.0. The fraction of sp³-hybridized carbons (Fsp3) is 0.529. The molecule has 0 atom stereocenters. The second-order valence-electron chi connectivity index (χ2n) is 5.50. The molecule has 0 saturated carbocycles. The van der Waals surface area contributed by atoms with Crippen molar-refractivity contribution in [1.29, 1.82) is 0 Å². The highest BCUT2D eigenvalue weighted by molar-refractivity contribution is 5.95. The molecule has 0 spiro atoms. The van der Waals surface area contributed by atoms with Gasteiger partial charge in [-0.1, -0.05) is 6.07 Å². The molecular formula is C17H25N3O2. The Labute approximate surface area is 132 Å². The predicted octanol–water partition coefficient (Wildman–Crippen LogP) is 2.20. The zero-order chi connectivity index (χ0) is 15.9. The van der Waals surface area contributed by atoms with E-state index in [-0.39, 0.29) is 18.4 Å². The van der Waals surface area contributed by atoms with Gasteiger partial charge < -0.3 is 15.1 Å². The van der Waals surface area contributed by atoms with E-state index in [0.717, 1.165) is 31.6 Å². The minimum atomic E-state index is 0.0706. The second kappa shape index (κ2) is 7.82. The van der Waals surface area contributed by atoms with Crippen molar-refractivity contribution >= 4 is 17.5 Å². The summed E-state index contributed by atoms with van der Waals surface area (Å²) in [7, 11) is 0. The first-order chi connectivity index (χ1) is 10.7. The summed E-state index contributed by atoms with van der Waals surface area (Å²) in [6.07, 6.45) is 2.17. The molecule has 0 aliphatic carbocycles. The van der Waals surface area contributed by atoms with Crippen LogP contribution in [0.2, 0.25) is 0 Å². The number of nitrogens with zero attached hydrogens (tertiary/aromatic N) is 2. The van der Waals surface area contributed by atoms with Crippen molar-refractivity contribution in [2.75, 3.05) is 38.0 Å². The number of hydrogen-bond acceptors (Lipinski definition) is 3. The monoisotopic (exact) mass is 303 g/mol. The molecule has 1 aliphatic rings. The quantitative estimate of drug-likeness (QED) is 0.876. The lowest BCUT2D eigenvalue weighted by molar-refractivity contribution is -0.128. The van der Waals surface area contributed by atoms with Crippen LogP contribution in [0.3, 0.4) is 0 Å². The average Bonchev–Trinajstić information content (AvgIpc) is 3.08. The first-order valence-corrected chi connectivity index (χ1v) is 8.06. The Bertz CT molecular complexity index is 520. The summed E-state index contributed by atoms with van der Waals surface area (Å²) in [6, 6.07) is 7.40. The molecule has 5 nitrogen and oxygen atoms in total. The third kappa shape index (κ3) is 4.00. The standard InChI is InChI=1S/C17H25N3O2/c1-3-19(4-2)16(21)13-18-15-9-7-8-14(12-15)17(22)20-10-5-6-11-20/h7-9,12,18H,3-6,10-11,13H2,1-2H3. The van der Waals surface area contributed by atoms with Crippen LogP contribution in [0.1, 0.15) is 37.0 Å². The number of amides is 2. The Hall–Kier alpha value is -2.04. The molecule has 1 N–H and O–H groups in total. The molecule has 0 unspecified atom stereocenters. The van der Waals surface area contributed by atoms with Crippen LogP contribution in [0.25, 0.3) is 0 Å². The molecule has 5 heteroatoms. The number of carbonyl (C=O) groups is 2. The van der Waals surface area contributed by atoms with Crippen LogP contribution < -0.4 is 5.32 Å². The molecule has 0 aromatic heterocycles.